The Morgan fingerprint density at radius 3 is 0.967 bits per heavy atom. The third kappa shape index (κ3) is 7.47. The highest BCUT2D eigenvalue weighted by Crippen LogP contribution is 2.51. The molecule has 310 valence electrons. The lowest BCUT2D eigenvalue weighted by atomic mass is 9.83. The average molecular weight is 795 g/mol. The average Bonchev–Trinajstić information content (AvgIpc) is 3.29. The van der Waals surface area contributed by atoms with E-state index in [4.69, 9.17) is 9.47 Å². The number of benzene rings is 9. The van der Waals surface area contributed by atoms with E-state index < -0.39 is 0 Å². The van der Waals surface area contributed by atoms with Crippen LogP contribution in [0.1, 0.15) is 130 Å². The molecule has 2 unspecified atom stereocenters. The Balaban J connectivity index is 1.20. The molecule has 2 heteroatoms. The quantitative estimate of drug-likeness (QED) is 0.0386. The van der Waals surface area contributed by atoms with E-state index in [0.717, 1.165) is 24.7 Å². The third-order valence-corrected chi connectivity index (χ3v) is 14.1. The number of fused-ring (bicyclic) bond motifs is 6. The van der Waals surface area contributed by atoms with Gasteiger partial charge in [-0.15, -0.1) is 0 Å². The van der Waals surface area contributed by atoms with E-state index in [1.807, 2.05) is 0 Å². The molecule has 0 aliphatic heterocycles. The van der Waals surface area contributed by atoms with Crippen molar-refractivity contribution < 1.29 is 9.47 Å². The third-order valence-electron chi connectivity index (χ3n) is 14.1. The van der Waals surface area contributed by atoms with Gasteiger partial charge in [-0.05, 0) is 104 Å². The predicted molar refractivity (Wildman–Crippen MR) is 263 cm³/mol. The van der Waals surface area contributed by atoms with Crippen molar-refractivity contribution in [2.75, 3.05) is 13.2 Å². The molecule has 0 N–H and O–H groups in total. The van der Waals surface area contributed by atoms with E-state index in [1.54, 1.807) is 0 Å². The zero-order chi connectivity index (χ0) is 41.0. The van der Waals surface area contributed by atoms with E-state index in [1.165, 1.54) is 189 Å². The van der Waals surface area contributed by atoms with Gasteiger partial charge in [0, 0.05) is 32.3 Å². The molecule has 0 heterocycles. The highest BCUT2D eigenvalue weighted by Gasteiger charge is 2.24. The van der Waals surface area contributed by atoms with Crippen molar-refractivity contribution in [1.29, 1.82) is 0 Å². The standard InChI is InChI=1S/C58H66O2/c1-5-9-13-15-23-39(21-11-7-3)37-59-57-49-27-19-17-25-41(49)43-29-31-45-48-34-36-52-56-44(30-32-46(54(48)56)47-33-35-51(57)55(43)53(45)47)42-26-18-20-28-50(42)58(52)60-38-40(22-12-8-4)24-16-14-10-6-2/h17-20,25-36,39-40H,5-16,21-24,37-38H2,1-4H3. The van der Waals surface area contributed by atoms with Gasteiger partial charge in [-0.2, -0.15) is 0 Å². The summed E-state index contributed by atoms with van der Waals surface area (Å²) in [7, 11) is 0. The monoisotopic (exact) mass is 795 g/mol. The van der Waals surface area contributed by atoms with Gasteiger partial charge in [0.2, 0.25) is 0 Å². The van der Waals surface area contributed by atoms with Crippen molar-refractivity contribution in [3.8, 4) is 11.5 Å². The molecular formula is C58H66O2. The van der Waals surface area contributed by atoms with Gasteiger partial charge in [0.15, 0.2) is 0 Å². The minimum absolute atomic E-state index is 0.582. The number of rotatable bonds is 22. The molecule has 0 saturated carbocycles. The van der Waals surface area contributed by atoms with Crippen LogP contribution in [0.25, 0.3) is 86.2 Å². The van der Waals surface area contributed by atoms with Crippen LogP contribution in [0.5, 0.6) is 11.5 Å². The first kappa shape index (κ1) is 40.6. The molecule has 2 atom stereocenters. The van der Waals surface area contributed by atoms with Crippen molar-refractivity contribution in [1.82, 2.24) is 0 Å². The SMILES string of the molecule is CCCCCCC(CCCC)COc1c2ccccc2c2ccc3c4ccc5c(OCC(CCCC)CCCCCC)c6ccccc6c6ccc(c7ccc1c2c73)c4c56. The Morgan fingerprint density at radius 1 is 0.300 bits per heavy atom. The van der Waals surface area contributed by atoms with E-state index in [-0.39, 0.29) is 0 Å². The van der Waals surface area contributed by atoms with Gasteiger partial charge in [0.25, 0.3) is 0 Å². The van der Waals surface area contributed by atoms with E-state index in [2.05, 4.69) is 125 Å². The minimum atomic E-state index is 0.582. The molecule has 0 bridgehead atoms. The Morgan fingerprint density at radius 2 is 0.600 bits per heavy atom. The van der Waals surface area contributed by atoms with Crippen LogP contribution in [-0.4, -0.2) is 13.2 Å². The highest BCUT2D eigenvalue weighted by molar-refractivity contribution is 6.43. The van der Waals surface area contributed by atoms with Crippen molar-refractivity contribution in [3.63, 3.8) is 0 Å². The molecule has 9 aromatic carbocycles. The van der Waals surface area contributed by atoms with Crippen molar-refractivity contribution >= 4 is 86.2 Å². The minimum Gasteiger partial charge on any atom is -0.492 e. The fourth-order valence-corrected chi connectivity index (χ4v) is 10.9. The summed E-state index contributed by atoms with van der Waals surface area (Å²) < 4.78 is 14.2. The zero-order valence-electron chi connectivity index (χ0n) is 36.9. The topological polar surface area (TPSA) is 18.5 Å². The number of hydrogen-bond donors (Lipinski definition) is 0. The summed E-state index contributed by atoms with van der Waals surface area (Å²) in [5.41, 5.74) is 0. The van der Waals surface area contributed by atoms with Gasteiger partial charge in [0.05, 0.1) is 13.2 Å². The molecule has 0 radical (unpaired) electrons. The first-order valence-electron chi connectivity index (χ1n) is 24.1. The van der Waals surface area contributed by atoms with Gasteiger partial charge >= 0.3 is 0 Å². The molecular weight excluding hydrogens is 729 g/mol. The highest BCUT2D eigenvalue weighted by atomic mass is 16.5. The smallest absolute Gasteiger partial charge is 0.135 e. The molecule has 0 aliphatic carbocycles. The van der Waals surface area contributed by atoms with Gasteiger partial charge in [0.1, 0.15) is 11.5 Å². The van der Waals surface area contributed by atoms with Gasteiger partial charge in [-0.25, -0.2) is 0 Å². The molecule has 9 rings (SSSR count). The van der Waals surface area contributed by atoms with Gasteiger partial charge < -0.3 is 9.47 Å². The fourth-order valence-electron chi connectivity index (χ4n) is 10.9. The second kappa shape index (κ2) is 18.4. The summed E-state index contributed by atoms with van der Waals surface area (Å²) in [6.07, 6.45) is 20.4. The molecule has 0 saturated heterocycles. The fraction of sp³-hybridized carbons (Fsp3) is 0.414. The van der Waals surface area contributed by atoms with Crippen LogP contribution >= 0.6 is 0 Å². The number of ether oxygens (including phenoxy) is 2. The van der Waals surface area contributed by atoms with Gasteiger partial charge in [-0.3, -0.25) is 0 Å². The Bertz CT molecular complexity index is 2630. The summed E-state index contributed by atoms with van der Waals surface area (Å²) in [6.45, 7) is 10.8. The van der Waals surface area contributed by atoms with Crippen LogP contribution in [0.2, 0.25) is 0 Å². The first-order chi connectivity index (χ1) is 29.7. The number of unbranched alkanes of at least 4 members (excludes halogenated alkanes) is 8. The summed E-state index contributed by atoms with van der Waals surface area (Å²) in [5, 5.41) is 20.8. The largest absolute Gasteiger partial charge is 0.492 e. The maximum absolute atomic E-state index is 7.12. The molecule has 0 amide bonds. The summed E-state index contributed by atoms with van der Waals surface area (Å²) in [5.74, 6) is 3.28. The number of hydrogen-bond acceptors (Lipinski definition) is 2. The van der Waals surface area contributed by atoms with E-state index >= 15 is 0 Å². The van der Waals surface area contributed by atoms with Crippen molar-refractivity contribution in [2.24, 2.45) is 11.8 Å². The summed E-state index contributed by atoms with van der Waals surface area (Å²) in [4.78, 5) is 0. The Kier molecular flexibility index (Phi) is 12.5. The van der Waals surface area contributed by atoms with E-state index in [9.17, 15) is 0 Å². The van der Waals surface area contributed by atoms with Crippen LogP contribution in [0.4, 0.5) is 0 Å². The predicted octanol–water partition coefficient (Wildman–Crippen LogP) is 18.1. The lowest BCUT2D eigenvalue weighted by Crippen LogP contribution is -2.13. The van der Waals surface area contributed by atoms with E-state index in [0.29, 0.717) is 11.8 Å². The lowest BCUT2D eigenvalue weighted by Gasteiger charge is -2.24. The molecule has 60 heavy (non-hydrogen) atoms. The van der Waals surface area contributed by atoms with Crippen LogP contribution in [0, 0.1) is 11.8 Å². The molecule has 9 aromatic rings. The van der Waals surface area contributed by atoms with Crippen LogP contribution < -0.4 is 9.47 Å². The summed E-state index contributed by atoms with van der Waals surface area (Å²) >= 11 is 0. The summed E-state index contributed by atoms with van der Waals surface area (Å²) in [6, 6.07) is 37.1. The van der Waals surface area contributed by atoms with Crippen LogP contribution in [0.15, 0.2) is 97.1 Å². The maximum Gasteiger partial charge on any atom is 0.135 e. The molecule has 0 fully saturated rings. The van der Waals surface area contributed by atoms with Crippen LogP contribution in [-0.2, 0) is 0 Å². The Hall–Kier alpha value is -4.82. The van der Waals surface area contributed by atoms with Gasteiger partial charge in [-0.1, -0.05) is 190 Å². The van der Waals surface area contributed by atoms with Crippen molar-refractivity contribution in [3.05, 3.63) is 97.1 Å². The lowest BCUT2D eigenvalue weighted by molar-refractivity contribution is 0.229. The Labute approximate surface area is 358 Å². The van der Waals surface area contributed by atoms with Crippen LogP contribution in [0.3, 0.4) is 0 Å². The molecule has 2 nitrogen and oxygen atoms in total. The first-order valence-corrected chi connectivity index (χ1v) is 24.1. The molecule has 0 spiro atoms. The zero-order valence-corrected chi connectivity index (χ0v) is 36.9. The second-order valence-corrected chi connectivity index (χ2v) is 18.2. The second-order valence-electron chi connectivity index (χ2n) is 18.2. The molecule has 0 aromatic heterocycles. The molecule has 0 aliphatic rings. The maximum atomic E-state index is 7.12. The van der Waals surface area contributed by atoms with Crippen molar-refractivity contribution in [2.45, 2.75) is 130 Å². The normalized spacial score (nSPS) is 13.4.